The number of hydrogen-bond acceptors (Lipinski definition) is 4. The maximum atomic E-state index is 13.0. The van der Waals surface area contributed by atoms with Crippen LogP contribution in [0, 0.1) is 5.92 Å². The summed E-state index contributed by atoms with van der Waals surface area (Å²) in [4.78, 5) is 26.7. The van der Waals surface area contributed by atoms with E-state index in [0.29, 0.717) is 6.54 Å². The fraction of sp³-hybridized carbons (Fsp3) is 0.292. The molecule has 1 fully saturated rings. The summed E-state index contributed by atoms with van der Waals surface area (Å²) in [6.45, 7) is 1.44. The van der Waals surface area contributed by atoms with E-state index in [0.717, 1.165) is 37.3 Å². The first-order valence-corrected chi connectivity index (χ1v) is 10.4. The van der Waals surface area contributed by atoms with Gasteiger partial charge < -0.3 is 10.2 Å². The van der Waals surface area contributed by atoms with E-state index in [4.69, 9.17) is 0 Å². The zero-order chi connectivity index (χ0) is 20.7. The van der Waals surface area contributed by atoms with Gasteiger partial charge in [-0.25, -0.2) is 4.68 Å². The number of aromatic nitrogens is 2. The van der Waals surface area contributed by atoms with Crippen molar-refractivity contribution in [2.75, 3.05) is 23.3 Å². The second-order valence-electron chi connectivity index (χ2n) is 8.13. The number of rotatable bonds is 3. The number of fused-ring (bicyclic) bond motifs is 3. The van der Waals surface area contributed by atoms with Crippen LogP contribution in [-0.2, 0) is 18.3 Å². The molecule has 1 aliphatic carbocycles. The summed E-state index contributed by atoms with van der Waals surface area (Å²) in [7, 11) is 1.64. The van der Waals surface area contributed by atoms with Crippen LogP contribution in [0.4, 0.5) is 11.5 Å². The average molecular weight is 400 g/mol. The number of carbonyl (C=O) groups is 1. The summed E-state index contributed by atoms with van der Waals surface area (Å²) in [6, 6.07) is 17.9. The summed E-state index contributed by atoms with van der Waals surface area (Å²) < 4.78 is 1.33. The van der Waals surface area contributed by atoms with Crippen LogP contribution in [-0.4, -0.2) is 28.8 Å². The molecule has 152 valence electrons. The van der Waals surface area contributed by atoms with Gasteiger partial charge in [0, 0.05) is 31.9 Å². The second-order valence-corrected chi connectivity index (χ2v) is 8.13. The highest BCUT2D eigenvalue weighted by atomic mass is 16.2. The Morgan fingerprint density at radius 1 is 1.07 bits per heavy atom. The van der Waals surface area contributed by atoms with Gasteiger partial charge in [-0.05, 0) is 59.7 Å². The minimum Gasteiger partial charge on any atom is -0.354 e. The molecule has 6 heteroatoms. The summed E-state index contributed by atoms with van der Waals surface area (Å²) in [6.07, 6.45) is 2.68. The van der Waals surface area contributed by atoms with Gasteiger partial charge in [0.2, 0.25) is 5.91 Å². The third kappa shape index (κ3) is 3.38. The first-order valence-electron chi connectivity index (χ1n) is 10.4. The fourth-order valence-corrected chi connectivity index (χ4v) is 4.53. The van der Waals surface area contributed by atoms with Gasteiger partial charge in [0.25, 0.3) is 5.56 Å². The molecule has 1 aromatic heterocycles. The summed E-state index contributed by atoms with van der Waals surface area (Å²) in [5.74, 6) is 0.674. The van der Waals surface area contributed by atoms with Crippen molar-refractivity contribution >= 4 is 17.4 Å². The molecule has 1 aliphatic heterocycles. The van der Waals surface area contributed by atoms with Crippen molar-refractivity contribution in [3.8, 4) is 11.1 Å². The smallest absolute Gasteiger partial charge is 0.266 e. The van der Waals surface area contributed by atoms with Crippen LogP contribution in [0.5, 0.6) is 0 Å². The van der Waals surface area contributed by atoms with E-state index in [1.807, 2.05) is 6.07 Å². The highest BCUT2D eigenvalue weighted by Gasteiger charge is 2.27. The molecule has 5 rings (SSSR count). The molecule has 3 aromatic rings. The Balaban J connectivity index is 1.29. The van der Waals surface area contributed by atoms with E-state index >= 15 is 0 Å². The predicted octanol–water partition coefficient (Wildman–Crippen LogP) is 3.21. The first-order chi connectivity index (χ1) is 14.6. The number of anilines is 2. The summed E-state index contributed by atoms with van der Waals surface area (Å²) >= 11 is 0. The molecule has 0 radical (unpaired) electrons. The number of aryl methyl sites for hydroxylation is 1. The molecule has 6 nitrogen and oxygen atoms in total. The molecule has 2 aliphatic rings. The quantitative estimate of drug-likeness (QED) is 0.573. The maximum absolute atomic E-state index is 13.0. The van der Waals surface area contributed by atoms with Gasteiger partial charge in [-0.2, -0.15) is 5.10 Å². The molecule has 0 bridgehead atoms. The number of hydrogen-bond donors (Lipinski definition) is 1. The highest BCUT2D eigenvalue weighted by Crippen LogP contribution is 2.37. The third-order valence-electron chi connectivity index (χ3n) is 6.12. The largest absolute Gasteiger partial charge is 0.354 e. The molecule has 2 aromatic carbocycles. The number of nitrogens with zero attached hydrogens (tertiary/aromatic N) is 3. The third-order valence-corrected chi connectivity index (χ3v) is 6.12. The summed E-state index contributed by atoms with van der Waals surface area (Å²) in [5.41, 5.74) is 5.86. The Hall–Kier alpha value is -3.41. The molecule has 0 saturated carbocycles. The lowest BCUT2D eigenvalue weighted by molar-refractivity contribution is -0.120. The minimum atomic E-state index is -0.135. The van der Waals surface area contributed by atoms with Gasteiger partial charge in [0.15, 0.2) is 0 Å². The lowest BCUT2D eigenvalue weighted by Crippen LogP contribution is -2.41. The normalized spacial score (nSPS) is 17.4. The molecule has 1 atom stereocenters. The standard InChI is InChI=1S/C24H24N4O2/c1-27-23(29)11-10-22(26-27)28-12-4-6-17(15-28)24(30)25-19-8-9-21-18(14-19)13-16-5-2-3-7-20(16)21/h2-3,5,7-11,14,17H,4,6,12-13,15H2,1H3,(H,25,30)/t17-/m0/s1. The zero-order valence-corrected chi connectivity index (χ0v) is 17.0. The lowest BCUT2D eigenvalue weighted by Gasteiger charge is -2.32. The van der Waals surface area contributed by atoms with Crippen LogP contribution in [0.25, 0.3) is 11.1 Å². The number of amides is 1. The minimum absolute atomic E-state index is 0.0416. The molecule has 0 unspecified atom stereocenters. The van der Waals surface area contributed by atoms with Gasteiger partial charge in [0.05, 0.1) is 5.92 Å². The van der Waals surface area contributed by atoms with Gasteiger partial charge in [-0.15, -0.1) is 0 Å². The Morgan fingerprint density at radius 3 is 2.77 bits per heavy atom. The zero-order valence-electron chi connectivity index (χ0n) is 17.0. The van der Waals surface area contributed by atoms with E-state index in [9.17, 15) is 9.59 Å². The fourth-order valence-electron chi connectivity index (χ4n) is 4.53. The SMILES string of the molecule is Cn1nc(N2CCC[C@H](C(=O)Nc3ccc4c(c3)Cc3ccccc3-4)C2)ccc1=O. The average Bonchev–Trinajstić information content (AvgIpc) is 3.13. The van der Waals surface area contributed by atoms with Crippen molar-refractivity contribution in [1.29, 1.82) is 0 Å². The van der Waals surface area contributed by atoms with Crippen molar-refractivity contribution in [1.82, 2.24) is 9.78 Å². The van der Waals surface area contributed by atoms with Gasteiger partial charge >= 0.3 is 0 Å². The Labute approximate surface area is 175 Å². The number of piperidine rings is 1. The molecular weight excluding hydrogens is 376 g/mol. The number of carbonyl (C=O) groups excluding carboxylic acids is 1. The Kier molecular flexibility index (Phi) is 4.62. The monoisotopic (exact) mass is 400 g/mol. The molecule has 1 N–H and O–H groups in total. The van der Waals surface area contributed by atoms with Crippen molar-refractivity contribution in [2.24, 2.45) is 13.0 Å². The van der Waals surface area contributed by atoms with Crippen LogP contribution in [0.2, 0.25) is 0 Å². The topological polar surface area (TPSA) is 67.2 Å². The molecule has 1 amide bonds. The highest BCUT2D eigenvalue weighted by molar-refractivity contribution is 5.94. The molecule has 30 heavy (non-hydrogen) atoms. The van der Waals surface area contributed by atoms with Crippen molar-refractivity contribution < 1.29 is 4.79 Å². The van der Waals surface area contributed by atoms with Crippen molar-refractivity contribution in [3.05, 3.63) is 76.1 Å². The molecule has 0 spiro atoms. The number of benzene rings is 2. The van der Waals surface area contributed by atoms with Crippen LogP contribution < -0.4 is 15.8 Å². The van der Waals surface area contributed by atoms with Crippen LogP contribution in [0.15, 0.2) is 59.4 Å². The van der Waals surface area contributed by atoms with E-state index in [2.05, 4.69) is 51.7 Å². The Morgan fingerprint density at radius 2 is 1.90 bits per heavy atom. The van der Waals surface area contributed by atoms with E-state index < -0.39 is 0 Å². The van der Waals surface area contributed by atoms with E-state index in [1.165, 1.54) is 33.0 Å². The van der Waals surface area contributed by atoms with Crippen molar-refractivity contribution in [3.63, 3.8) is 0 Å². The van der Waals surface area contributed by atoms with Crippen LogP contribution >= 0.6 is 0 Å². The molecule has 1 saturated heterocycles. The van der Waals surface area contributed by atoms with Gasteiger partial charge in [-0.3, -0.25) is 9.59 Å². The molecule has 2 heterocycles. The van der Waals surface area contributed by atoms with E-state index in [-0.39, 0.29) is 17.4 Å². The molecular formula is C24H24N4O2. The number of nitrogens with one attached hydrogen (secondary N) is 1. The Bertz CT molecular complexity index is 1180. The van der Waals surface area contributed by atoms with Crippen LogP contribution in [0.1, 0.15) is 24.0 Å². The van der Waals surface area contributed by atoms with Gasteiger partial charge in [0.1, 0.15) is 5.82 Å². The first kappa shape index (κ1) is 18.6. The second kappa shape index (κ2) is 7.44. The predicted molar refractivity (Wildman–Crippen MR) is 118 cm³/mol. The van der Waals surface area contributed by atoms with Crippen LogP contribution in [0.3, 0.4) is 0 Å². The summed E-state index contributed by atoms with van der Waals surface area (Å²) in [5, 5.41) is 7.45. The lowest BCUT2D eigenvalue weighted by atomic mass is 9.97. The van der Waals surface area contributed by atoms with Crippen molar-refractivity contribution in [2.45, 2.75) is 19.3 Å². The van der Waals surface area contributed by atoms with E-state index in [1.54, 1.807) is 13.1 Å². The van der Waals surface area contributed by atoms with Gasteiger partial charge in [-0.1, -0.05) is 30.3 Å². The maximum Gasteiger partial charge on any atom is 0.266 e.